The Morgan fingerprint density at radius 3 is 2.75 bits per heavy atom. The summed E-state index contributed by atoms with van der Waals surface area (Å²) in [5, 5.41) is 4.25. The number of rotatable bonds is 6. The number of amides is 1. The molecule has 0 spiro atoms. The summed E-state index contributed by atoms with van der Waals surface area (Å²) in [6.45, 7) is 2.14. The van der Waals surface area contributed by atoms with E-state index in [1.807, 2.05) is 42.3 Å². The number of piperidine rings is 1. The number of aromatic nitrogens is 3. The Labute approximate surface area is 188 Å². The molecule has 1 amide bonds. The molecule has 5 rings (SSSR count). The molecule has 1 aliphatic carbocycles. The molecule has 2 fully saturated rings. The Hall–Kier alpha value is -3.22. The summed E-state index contributed by atoms with van der Waals surface area (Å²) < 4.78 is 5.54. The van der Waals surface area contributed by atoms with Crippen LogP contribution in [0.2, 0.25) is 0 Å². The van der Waals surface area contributed by atoms with E-state index in [0.717, 1.165) is 55.1 Å². The number of hydrogen-bond donors (Lipinski definition) is 0. The first-order chi connectivity index (χ1) is 15.7. The Balaban J connectivity index is 1.31. The maximum Gasteiger partial charge on any atom is 0.230 e. The first-order valence-corrected chi connectivity index (χ1v) is 11.5. The summed E-state index contributed by atoms with van der Waals surface area (Å²) in [5.41, 5.74) is 2.01. The van der Waals surface area contributed by atoms with Gasteiger partial charge in [-0.25, -0.2) is 4.98 Å². The van der Waals surface area contributed by atoms with Crippen LogP contribution in [0.5, 0.6) is 0 Å². The van der Waals surface area contributed by atoms with Crippen molar-refractivity contribution in [3.05, 3.63) is 60.1 Å². The lowest BCUT2D eigenvalue weighted by Crippen LogP contribution is -2.44. The van der Waals surface area contributed by atoms with E-state index in [-0.39, 0.29) is 11.8 Å². The Morgan fingerprint density at radius 2 is 1.97 bits per heavy atom. The lowest BCUT2D eigenvalue weighted by Gasteiger charge is -2.35. The van der Waals surface area contributed by atoms with Gasteiger partial charge in [-0.3, -0.25) is 4.79 Å². The van der Waals surface area contributed by atoms with Crippen molar-refractivity contribution in [2.75, 3.05) is 25.0 Å². The number of nitrogens with zero attached hydrogens (tertiary/aromatic N) is 5. The molecular formula is C25H29N5O2. The van der Waals surface area contributed by atoms with Crippen LogP contribution in [0.25, 0.3) is 11.4 Å². The van der Waals surface area contributed by atoms with Crippen molar-refractivity contribution in [2.24, 2.45) is 5.92 Å². The number of benzene rings is 1. The van der Waals surface area contributed by atoms with Gasteiger partial charge in [0.25, 0.3) is 0 Å². The summed E-state index contributed by atoms with van der Waals surface area (Å²) in [6.07, 6.45) is 7.10. The summed E-state index contributed by atoms with van der Waals surface area (Å²) >= 11 is 0. The second-order valence-electron chi connectivity index (χ2n) is 8.92. The number of carbonyl (C=O) groups excluding carboxylic acids is 1. The zero-order valence-corrected chi connectivity index (χ0v) is 18.5. The SMILES string of the molecule is CN(Cc1ccccc1)C(=O)[C@@H]1CCCN(c2ncccc2-c2noc(C3CCC3)n2)C1. The number of anilines is 1. The third kappa shape index (κ3) is 4.24. The largest absolute Gasteiger partial charge is 0.355 e. The van der Waals surface area contributed by atoms with E-state index in [9.17, 15) is 4.79 Å². The Bertz CT molecular complexity index is 1060. The quantitative estimate of drug-likeness (QED) is 0.580. The van der Waals surface area contributed by atoms with Gasteiger partial charge in [-0.2, -0.15) is 4.98 Å². The number of pyridine rings is 1. The molecule has 7 heteroatoms. The van der Waals surface area contributed by atoms with Gasteiger partial charge in [0.2, 0.25) is 17.6 Å². The number of carbonyl (C=O) groups is 1. The lowest BCUT2D eigenvalue weighted by atomic mass is 9.85. The topological polar surface area (TPSA) is 75.4 Å². The maximum absolute atomic E-state index is 13.2. The van der Waals surface area contributed by atoms with Gasteiger partial charge in [0.05, 0.1) is 11.5 Å². The monoisotopic (exact) mass is 431 g/mol. The van der Waals surface area contributed by atoms with E-state index >= 15 is 0 Å². The molecule has 3 heterocycles. The normalized spacial score (nSPS) is 18.9. The van der Waals surface area contributed by atoms with E-state index in [1.165, 1.54) is 6.42 Å². The van der Waals surface area contributed by atoms with Gasteiger partial charge in [-0.15, -0.1) is 0 Å². The van der Waals surface area contributed by atoms with E-state index in [1.54, 1.807) is 6.20 Å². The van der Waals surface area contributed by atoms with Crippen LogP contribution in [-0.4, -0.2) is 46.1 Å². The van der Waals surface area contributed by atoms with Gasteiger partial charge in [-0.05, 0) is 43.4 Å². The molecule has 1 atom stereocenters. The molecule has 1 saturated carbocycles. The minimum absolute atomic E-state index is 0.0527. The van der Waals surface area contributed by atoms with Crippen molar-refractivity contribution >= 4 is 11.7 Å². The molecule has 3 aromatic rings. The van der Waals surface area contributed by atoms with Crippen molar-refractivity contribution in [1.82, 2.24) is 20.0 Å². The van der Waals surface area contributed by atoms with Crippen molar-refractivity contribution in [3.63, 3.8) is 0 Å². The minimum Gasteiger partial charge on any atom is -0.355 e. The molecule has 2 aliphatic rings. The lowest BCUT2D eigenvalue weighted by molar-refractivity contribution is -0.135. The molecule has 166 valence electrons. The number of hydrogen-bond acceptors (Lipinski definition) is 6. The first kappa shape index (κ1) is 20.7. The zero-order chi connectivity index (χ0) is 21.9. The van der Waals surface area contributed by atoms with Crippen LogP contribution in [-0.2, 0) is 11.3 Å². The summed E-state index contributed by atoms with van der Waals surface area (Å²) in [6, 6.07) is 14.0. The molecule has 2 aromatic heterocycles. The van der Waals surface area contributed by atoms with Crippen molar-refractivity contribution in [1.29, 1.82) is 0 Å². The highest BCUT2D eigenvalue weighted by Gasteiger charge is 2.31. The minimum atomic E-state index is -0.0527. The molecule has 1 aromatic carbocycles. The fraction of sp³-hybridized carbons (Fsp3) is 0.440. The fourth-order valence-corrected chi connectivity index (χ4v) is 4.61. The molecule has 0 N–H and O–H groups in total. The highest BCUT2D eigenvalue weighted by atomic mass is 16.5. The van der Waals surface area contributed by atoms with E-state index < -0.39 is 0 Å². The van der Waals surface area contributed by atoms with Gasteiger partial charge < -0.3 is 14.3 Å². The van der Waals surface area contributed by atoms with Gasteiger partial charge in [0, 0.05) is 38.8 Å². The van der Waals surface area contributed by atoms with Gasteiger partial charge in [0.1, 0.15) is 5.82 Å². The predicted molar refractivity (Wildman–Crippen MR) is 122 cm³/mol. The highest BCUT2D eigenvalue weighted by molar-refractivity contribution is 5.80. The van der Waals surface area contributed by atoms with Crippen molar-refractivity contribution in [3.8, 4) is 11.4 Å². The van der Waals surface area contributed by atoms with Crippen LogP contribution in [0.15, 0.2) is 53.2 Å². The van der Waals surface area contributed by atoms with E-state index in [2.05, 4.69) is 32.2 Å². The summed E-state index contributed by atoms with van der Waals surface area (Å²) in [7, 11) is 1.89. The van der Waals surface area contributed by atoms with Gasteiger partial charge in [0.15, 0.2) is 0 Å². The molecule has 0 unspecified atom stereocenters. The first-order valence-electron chi connectivity index (χ1n) is 11.5. The highest BCUT2D eigenvalue weighted by Crippen LogP contribution is 2.37. The molecule has 7 nitrogen and oxygen atoms in total. The second kappa shape index (κ2) is 9.10. The van der Waals surface area contributed by atoms with E-state index in [0.29, 0.717) is 24.8 Å². The van der Waals surface area contributed by atoms with Gasteiger partial charge >= 0.3 is 0 Å². The molecular weight excluding hydrogens is 402 g/mol. The Kier molecular flexibility index (Phi) is 5.88. The summed E-state index contributed by atoms with van der Waals surface area (Å²) in [5.74, 6) is 2.68. The predicted octanol–water partition coefficient (Wildman–Crippen LogP) is 4.27. The third-order valence-electron chi connectivity index (χ3n) is 6.63. The fourth-order valence-electron chi connectivity index (χ4n) is 4.61. The average Bonchev–Trinajstić information content (AvgIpc) is 3.27. The molecule has 32 heavy (non-hydrogen) atoms. The second-order valence-corrected chi connectivity index (χ2v) is 8.92. The smallest absolute Gasteiger partial charge is 0.230 e. The Morgan fingerprint density at radius 1 is 1.12 bits per heavy atom. The third-order valence-corrected chi connectivity index (χ3v) is 6.63. The van der Waals surface area contributed by atoms with Crippen LogP contribution < -0.4 is 4.90 Å². The van der Waals surface area contributed by atoms with Crippen LogP contribution in [0.3, 0.4) is 0 Å². The average molecular weight is 432 g/mol. The molecule has 1 aliphatic heterocycles. The standard InChI is InChI=1S/C25H29N5O2/c1-29(16-18-8-3-2-4-9-18)25(31)20-12-7-15-30(17-20)23-21(13-6-14-26-23)22-27-24(32-28-22)19-10-5-11-19/h2-4,6,8-9,13-14,19-20H,5,7,10-12,15-17H2,1H3/t20-/m1/s1. The zero-order valence-electron chi connectivity index (χ0n) is 18.5. The van der Waals surface area contributed by atoms with Crippen LogP contribution in [0.1, 0.15) is 49.5 Å². The van der Waals surface area contributed by atoms with Crippen LogP contribution >= 0.6 is 0 Å². The maximum atomic E-state index is 13.2. The van der Waals surface area contributed by atoms with Crippen molar-refractivity contribution in [2.45, 2.75) is 44.6 Å². The van der Waals surface area contributed by atoms with Crippen molar-refractivity contribution < 1.29 is 9.32 Å². The van der Waals surface area contributed by atoms with Gasteiger partial charge in [-0.1, -0.05) is 41.9 Å². The van der Waals surface area contributed by atoms with Crippen LogP contribution in [0, 0.1) is 5.92 Å². The molecule has 1 saturated heterocycles. The molecule has 0 radical (unpaired) electrons. The summed E-state index contributed by atoms with van der Waals surface area (Å²) in [4.78, 5) is 26.6. The van der Waals surface area contributed by atoms with E-state index in [4.69, 9.17) is 4.52 Å². The molecule has 0 bridgehead atoms. The van der Waals surface area contributed by atoms with Crippen LogP contribution in [0.4, 0.5) is 5.82 Å².